The molecule has 9 heteroatoms. The van der Waals surface area contributed by atoms with E-state index in [-0.39, 0.29) is 29.5 Å². The number of piperidine rings is 1. The second-order valence-corrected chi connectivity index (χ2v) is 17.5. The van der Waals surface area contributed by atoms with Crippen molar-refractivity contribution in [3.63, 3.8) is 0 Å². The average molecular weight is 825 g/mol. The largest absolute Gasteiger partial charge is 0.504 e. The molecule has 2 fully saturated rings. The zero-order valence-corrected chi connectivity index (χ0v) is 35.8. The minimum Gasteiger partial charge on any atom is -0.504 e. The zero-order chi connectivity index (χ0) is 42.6. The molecule has 1 saturated carbocycles. The predicted octanol–water partition coefficient (Wildman–Crippen LogP) is 7.78. The van der Waals surface area contributed by atoms with Crippen LogP contribution in [0.15, 0.2) is 97.2 Å². The first kappa shape index (κ1) is 44.0. The number of carbonyl (C=O) groups is 2. The molecule has 0 bridgehead atoms. The number of anilines is 1. The molecule has 3 aromatic carbocycles. The summed E-state index contributed by atoms with van der Waals surface area (Å²) in [6.07, 6.45) is 18.4. The van der Waals surface area contributed by atoms with Gasteiger partial charge in [0.15, 0.2) is 17.3 Å². The van der Waals surface area contributed by atoms with Crippen molar-refractivity contribution in [3.8, 4) is 11.5 Å². The Morgan fingerprint density at radius 1 is 0.918 bits per heavy atom. The molecule has 3 aliphatic rings. The van der Waals surface area contributed by atoms with Gasteiger partial charge in [-0.15, -0.1) is 0 Å². The molecule has 6 N–H and O–H groups in total. The Kier molecular flexibility index (Phi) is 15.6. The van der Waals surface area contributed by atoms with E-state index in [1.54, 1.807) is 18.3 Å². The fourth-order valence-corrected chi connectivity index (χ4v) is 10.3. The Morgan fingerprint density at radius 3 is 2.51 bits per heavy atom. The number of aliphatic hydroxyl groups is 1. The van der Waals surface area contributed by atoms with Crippen LogP contribution in [0.25, 0.3) is 5.57 Å². The minimum atomic E-state index is -0.431. The molecule has 0 radical (unpaired) electrons. The van der Waals surface area contributed by atoms with Crippen LogP contribution in [0.5, 0.6) is 11.5 Å². The molecule has 7 rings (SSSR count). The van der Waals surface area contributed by atoms with E-state index in [9.17, 15) is 19.8 Å². The number of nitrogen functional groups attached to an aromatic ring is 1. The number of carbonyl (C=O) groups excluding carboxylic acids is 2. The van der Waals surface area contributed by atoms with Gasteiger partial charge in [0.25, 0.3) is 0 Å². The van der Waals surface area contributed by atoms with Gasteiger partial charge in [-0.1, -0.05) is 79.6 Å². The van der Waals surface area contributed by atoms with Crippen molar-refractivity contribution in [2.45, 2.75) is 89.5 Å². The van der Waals surface area contributed by atoms with Gasteiger partial charge < -0.3 is 31.3 Å². The lowest BCUT2D eigenvalue weighted by Gasteiger charge is -2.50. The molecule has 1 aromatic heterocycles. The normalized spacial score (nSPS) is 21.1. The van der Waals surface area contributed by atoms with Crippen LogP contribution in [0.2, 0.25) is 0 Å². The number of aryl methyl sites for hydroxylation is 4. The molecule has 4 aromatic rings. The van der Waals surface area contributed by atoms with Gasteiger partial charge in [-0.2, -0.15) is 0 Å². The summed E-state index contributed by atoms with van der Waals surface area (Å²) in [5.74, 6) is 2.94. The number of nitrogens with one attached hydrogen (secondary N) is 2. The van der Waals surface area contributed by atoms with E-state index in [1.165, 1.54) is 49.1 Å². The molecule has 61 heavy (non-hydrogen) atoms. The standard InChI is InChI=1S/C52H64N4O5/c1-61-50-31-48(43(34-57)27-45(59)30-44(58)15-6-3-7-16-47-46-21-23-54-32-42(46)25-39-14-9-22-55-52(39)47)40(28-49(50)60)26-41-33-56-51(53)29-38(41)20-19-37-13-8-12-36(24-37)18-17-35-10-4-2-5-11-35/h2,4-5,8-14,24,27-29,31,33,39,42,46-47,52,54-55,57,60H,3,6-7,15-23,25-26,30,32,34H2,1H3,(H2,53,56)/t39-,42-,46-,47+,52-/m1/s1. The number of benzene rings is 3. The third-order valence-electron chi connectivity index (χ3n) is 13.4. The molecular formula is C52H64N4O5. The third-order valence-corrected chi connectivity index (χ3v) is 13.4. The fourth-order valence-electron chi connectivity index (χ4n) is 10.3. The number of methoxy groups -OCH3 is 1. The van der Waals surface area contributed by atoms with Gasteiger partial charge in [-0.25, -0.2) is 4.98 Å². The van der Waals surface area contributed by atoms with Crippen molar-refractivity contribution >= 4 is 23.0 Å². The number of allylic oxidation sites excluding steroid dienone is 1. The van der Waals surface area contributed by atoms with Gasteiger partial charge in [-0.05, 0) is 163 Å². The van der Waals surface area contributed by atoms with Crippen molar-refractivity contribution in [1.29, 1.82) is 0 Å². The number of rotatable bonds is 20. The van der Waals surface area contributed by atoms with Crippen molar-refractivity contribution in [1.82, 2.24) is 15.6 Å². The van der Waals surface area contributed by atoms with Crippen LogP contribution in [0.1, 0.15) is 90.3 Å². The van der Waals surface area contributed by atoms with Gasteiger partial charge in [-0.3, -0.25) is 9.59 Å². The van der Waals surface area contributed by atoms with E-state index in [4.69, 9.17) is 10.5 Å². The van der Waals surface area contributed by atoms with Crippen LogP contribution in [0, 0.1) is 23.7 Å². The maximum Gasteiger partial charge on any atom is 0.163 e. The quantitative estimate of drug-likeness (QED) is 0.0261. The molecule has 322 valence electrons. The van der Waals surface area contributed by atoms with Crippen LogP contribution in [-0.4, -0.2) is 66.2 Å². The van der Waals surface area contributed by atoms with Gasteiger partial charge >= 0.3 is 0 Å². The number of nitrogens with two attached hydrogens (primary N) is 1. The summed E-state index contributed by atoms with van der Waals surface area (Å²) in [6.45, 7) is 2.76. The first-order valence-electron chi connectivity index (χ1n) is 22.5. The molecule has 0 amide bonds. The summed E-state index contributed by atoms with van der Waals surface area (Å²) in [4.78, 5) is 30.9. The number of hydrogen-bond acceptors (Lipinski definition) is 9. The highest BCUT2D eigenvalue weighted by atomic mass is 16.5. The number of aromatic nitrogens is 1. The van der Waals surface area contributed by atoms with Crippen LogP contribution in [0.4, 0.5) is 5.82 Å². The molecule has 3 heterocycles. The van der Waals surface area contributed by atoms with Crippen LogP contribution >= 0.6 is 0 Å². The first-order chi connectivity index (χ1) is 29.8. The number of Topliss-reactive ketones (excluding diaryl/α,β-unsaturated/α-hetero) is 1. The number of unbranched alkanes of at least 4 members (excludes halogenated alkanes) is 2. The van der Waals surface area contributed by atoms with Crippen LogP contribution in [0.3, 0.4) is 0 Å². The molecule has 5 atom stereocenters. The SMILES string of the molecule is COc1cc(C(=CC(=O)CC(=O)CCCCC[C@H]2[C@@H]3CCNC[C@H]3C[C@H]3C=CCN[C@@H]23)CO)c(Cc2cnc(N)cc2CCc2cccc(CCc3ccccc3)c2)cc1O. The Hall–Kier alpha value is -5.09. The Morgan fingerprint density at radius 2 is 1.70 bits per heavy atom. The Labute approximate surface area is 361 Å². The Bertz CT molecular complexity index is 2170. The van der Waals surface area contributed by atoms with Gasteiger partial charge in [0.05, 0.1) is 20.1 Å². The van der Waals surface area contributed by atoms with E-state index in [0.717, 1.165) is 87.5 Å². The summed E-state index contributed by atoms with van der Waals surface area (Å²) >= 11 is 0. The summed E-state index contributed by atoms with van der Waals surface area (Å²) in [7, 11) is 1.46. The number of pyridine rings is 1. The molecule has 1 saturated heterocycles. The number of aromatic hydroxyl groups is 1. The van der Waals surface area contributed by atoms with Crippen LogP contribution in [-0.2, 0) is 41.7 Å². The van der Waals surface area contributed by atoms with E-state index in [0.29, 0.717) is 53.2 Å². The third kappa shape index (κ3) is 11.8. The average Bonchev–Trinajstić information content (AvgIpc) is 3.27. The Balaban J connectivity index is 0.964. The highest BCUT2D eigenvalue weighted by Gasteiger charge is 2.44. The number of phenols is 1. The highest BCUT2D eigenvalue weighted by Crippen LogP contribution is 2.45. The lowest BCUT2D eigenvalue weighted by atomic mass is 9.61. The van der Waals surface area contributed by atoms with E-state index < -0.39 is 6.61 Å². The maximum absolute atomic E-state index is 13.4. The summed E-state index contributed by atoms with van der Waals surface area (Å²) in [6, 6.07) is 24.9. The molecule has 1 aliphatic carbocycles. The second kappa shape index (κ2) is 21.6. The van der Waals surface area contributed by atoms with Crippen molar-refractivity contribution in [2.24, 2.45) is 23.7 Å². The number of phenolic OH excluding ortho intramolecular Hbond substituents is 1. The summed E-state index contributed by atoms with van der Waals surface area (Å²) in [5.41, 5.74) is 13.6. The monoisotopic (exact) mass is 824 g/mol. The smallest absolute Gasteiger partial charge is 0.163 e. The van der Waals surface area contributed by atoms with Gasteiger partial charge in [0, 0.05) is 25.2 Å². The van der Waals surface area contributed by atoms with E-state index in [1.807, 2.05) is 12.1 Å². The fraction of sp³-hybridized carbons (Fsp3) is 0.442. The number of ketones is 2. The van der Waals surface area contributed by atoms with E-state index >= 15 is 0 Å². The maximum atomic E-state index is 13.4. The lowest BCUT2D eigenvalue weighted by molar-refractivity contribution is -0.124. The minimum absolute atomic E-state index is 0.0528. The molecule has 0 spiro atoms. The molecular weight excluding hydrogens is 761 g/mol. The molecule has 2 aliphatic heterocycles. The van der Waals surface area contributed by atoms with Gasteiger partial charge in [0.2, 0.25) is 0 Å². The first-order valence-corrected chi connectivity index (χ1v) is 22.5. The number of aliphatic hydroxyl groups excluding tert-OH is 1. The van der Waals surface area contributed by atoms with Crippen LogP contribution < -0.4 is 21.1 Å². The number of hydrogen-bond donors (Lipinski definition) is 5. The van der Waals surface area contributed by atoms with Crippen molar-refractivity contribution in [2.75, 3.05) is 39.1 Å². The topological polar surface area (TPSA) is 147 Å². The molecule has 9 nitrogen and oxygen atoms in total. The zero-order valence-electron chi connectivity index (χ0n) is 35.8. The second-order valence-electron chi connectivity index (χ2n) is 17.5. The molecule has 0 unspecified atom stereocenters. The highest BCUT2D eigenvalue weighted by molar-refractivity contribution is 6.07. The van der Waals surface area contributed by atoms with Crippen molar-refractivity contribution in [3.05, 3.63) is 136 Å². The lowest BCUT2D eigenvalue weighted by Crippen LogP contribution is -2.55. The summed E-state index contributed by atoms with van der Waals surface area (Å²) in [5, 5.41) is 28.9. The van der Waals surface area contributed by atoms with Crippen molar-refractivity contribution < 1.29 is 24.5 Å². The van der Waals surface area contributed by atoms with Gasteiger partial charge in [0.1, 0.15) is 11.6 Å². The number of ether oxygens (including phenoxy) is 1. The van der Waals surface area contributed by atoms with E-state index in [2.05, 4.69) is 76.3 Å². The predicted molar refractivity (Wildman–Crippen MR) is 244 cm³/mol. The summed E-state index contributed by atoms with van der Waals surface area (Å²) < 4.78 is 5.45. The number of nitrogens with zero attached hydrogens (tertiary/aromatic N) is 1. The number of fused-ring (bicyclic) bond motifs is 2.